The predicted molar refractivity (Wildman–Crippen MR) is 74.0 cm³/mol. The van der Waals surface area contributed by atoms with Crippen molar-refractivity contribution in [2.24, 2.45) is 0 Å². The normalized spacial score (nSPS) is 17.6. The lowest BCUT2D eigenvalue weighted by Gasteiger charge is -2.37. The molecule has 1 unspecified atom stereocenters. The monoisotopic (exact) mass is 296 g/mol. The van der Waals surface area contributed by atoms with Crippen molar-refractivity contribution in [1.29, 1.82) is 0 Å². The summed E-state index contributed by atoms with van der Waals surface area (Å²) in [7, 11) is 0. The average Bonchev–Trinajstić information content (AvgIpc) is 2.46. The van der Waals surface area contributed by atoms with E-state index >= 15 is 0 Å². The van der Waals surface area contributed by atoms with Gasteiger partial charge < -0.3 is 4.90 Å². The van der Waals surface area contributed by atoms with Gasteiger partial charge in [0, 0.05) is 39.2 Å². The summed E-state index contributed by atoms with van der Waals surface area (Å²) >= 11 is 0. The molecule has 1 amide bonds. The van der Waals surface area contributed by atoms with Crippen LogP contribution in [0.5, 0.6) is 0 Å². The molecule has 1 atom stereocenters. The minimum Gasteiger partial charge on any atom is -0.340 e. The number of halogens is 2. The number of hydrogen-bond acceptors (Lipinski definition) is 3. The Kier molecular flexibility index (Phi) is 4.67. The molecule has 4 nitrogen and oxygen atoms in total. The maximum Gasteiger partial charge on any atom is 0.219 e. The van der Waals surface area contributed by atoms with Crippen LogP contribution in [0.25, 0.3) is 0 Å². The average molecular weight is 296 g/mol. The standard InChI is InChI=1S/C15H18F2N2O2/c1-10(18-5-7-19(8-6-18)11(2)20)15(21)13-4-3-12(16)9-14(13)17/h3-4,9-10H,5-8H2,1-2H3. The molecule has 21 heavy (non-hydrogen) atoms. The number of amides is 1. The molecule has 1 fully saturated rings. The van der Waals surface area contributed by atoms with Crippen LogP contribution >= 0.6 is 0 Å². The van der Waals surface area contributed by atoms with Gasteiger partial charge in [-0.15, -0.1) is 0 Å². The molecule has 0 aliphatic carbocycles. The van der Waals surface area contributed by atoms with E-state index in [1.54, 1.807) is 11.8 Å². The molecule has 1 aromatic carbocycles. The first kappa shape index (κ1) is 15.6. The summed E-state index contributed by atoms with van der Waals surface area (Å²) in [5, 5.41) is 0. The summed E-state index contributed by atoms with van der Waals surface area (Å²) < 4.78 is 26.6. The van der Waals surface area contributed by atoms with Gasteiger partial charge in [-0.3, -0.25) is 14.5 Å². The van der Waals surface area contributed by atoms with Crippen LogP contribution in [0.3, 0.4) is 0 Å². The summed E-state index contributed by atoms with van der Waals surface area (Å²) in [5.74, 6) is -1.90. The maximum absolute atomic E-state index is 13.7. The number of rotatable bonds is 3. The van der Waals surface area contributed by atoms with E-state index in [1.165, 1.54) is 13.0 Å². The number of carbonyl (C=O) groups is 2. The molecule has 0 N–H and O–H groups in total. The minimum atomic E-state index is -0.839. The first-order valence-electron chi connectivity index (χ1n) is 6.89. The Morgan fingerprint density at radius 3 is 2.29 bits per heavy atom. The highest BCUT2D eigenvalue weighted by Gasteiger charge is 2.28. The molecule has 0 bridgehead atoms. The maximum atomic E-state index is 13.7. The van der Waals surface area contributed by atoms with Gasteiger partial charge in [-0.05, 0) is 19.1 Å². The van der Waals surface area contributed by atoms with Gasteiger partial charge in [-0.1, -0.05) is 0 Å². The molecule has 0 aromatic heterocycles. The van der Waals surface area contributed by atoms with Gasteiger partial charge in [0.05, 0.1) is 11.6 Å². The third-order valence-electron chi connectivity index (χ3n) is 3.88. The van der Waals surface area contributed by atoms with Gasteiger partial charge in [-0.2, -0.15) is 0 Å². The van der Waals surface area contributed by atoms with Crippen molar-refractivity contribution in [2.45, 2.75) is 19.9 Å². The first-order valence-corrected chi connectivity index (χ1v) is 6.89. The third kappa shape index (κ3) is 3.44. The van der Waals surface area contributed by atoms with Gasteiger partial charge in [0.2, 0.25) is 5.91 Å². The fourth-order valence-corrected chi connectivity index (χ4v) is 2.50. The molecule has 1 aromatic rings. The second kappa shape index (κ2) is 6.30. The van der Waals surface area contributed by atoms with Crippen molar-refractivity contribution < 1.29 is 18.4 Å². The molecule has 2 rings (SSSR count). The fraction of sp³-hybridized carbons (Fsp3) is 0.467. The van der Waals surface area contributed by atoms with E-state index in [4.69, 9.17) is 0 Å². The summed E-state index contributed by atoms with van der Waals surface area (Å²) in [5.41, 5.74) is -0.0992. The molecule has 1 saturated heterocycles. The van der Waals surface area contributed by atoms with E-state index < -0.39 is 17.7 Å². The molecule has 0 spiro atoms. The van der Waals surface area contributed by atoms with E-state index in [1.807, 2.05) is 4.90 Å². The van der Waals surface area contributed by atoms with E-state index in [0.717, 1.165) is 6.07 Å². The molecule has 1 aliphatic heterocycles. The number of nitrogens with zero attached hydrogens (tertiary/aromatic N) is 2. The summed E-state index contributed by atoms with van der Waals surface area (Å²) in [4.78, 5) is 27.2. The molecular formula is C15H18F2N2O2. The number of benzene rings is 1. The Hall–Kier alpha value is -1.82. The lowest BCUT2D eigenvalue weighted by Crippen LogP contribution is -2.52. The van der Waals surface area contributed by atoms with Crippen molar-refractivity contribution in [3.8, 4) is 0 Å². The highest BCUT2D eigenvalue weighted by atomic mass is 19.1. The zero-order valence-corrected chi connectivity index (χ0v) is 12.1. The van der Waals surface area contributed by atoms with E-state index in [2.05, 4.69) is 0 Å². The second-order valence-electron chi connectivity index (χ2n) is 5.21. The first-order chi connectivity index (χ1) is 9.90. The molecule has 1 heterocycles. The lowest BCUT2D eigenvalue weighted by atomic mass is 10.0. The second-order valence-corrected chi connectivity index (χ2v) is 5.21. The van der Waals surface area contributed by atoms with Crippen LogP contribution in [-0.4, -0.2) is 53.7 Å². The van der Waals surface area contributed by atoms with Crippen LogP contribution in [0.4, 0.5) is 8.78 Å². The number of hydrogen-bond donors (Lipinski definition) is 0. The van der Waals surface area contributed by atoms with Crippen molar-refractivity contribution in [1.82, 2.24) is 9.80 Å². The number of Topliss-reactive ketones (excluding diaryl/α,β-unsaturated/α-hetero) is 1. The molecular weight excluding hydrogens is 278 g/mol. The van der Waals surface area contributed by atoms with Crippen LogP contribution in [0.1, 0.15) is 24.2 Å². The summed E-state index contributed by atoms with van der Waals surface area (Å²) in [6.07, 6.45) is 0. The Bertz CT molecular complexity index is 555. The Morgan fingerprint density at radius 1 is 1.14 bits per heavy atom. The van der Waals surface area contributed by atoms with Crippen LogP contribution < -0.4 is 0 Å². The van der Waals surface area contributed by atoms with Gasteiger partial charge >= 0.3 is 0 Å². The van der Waals surface area contributed by atoms with Crippen molar-refractivity contribution in [3.63, 3.8) is 0 Å². The van der Waals surface area contributed by atoms with Crippen molar-refractivity contribution in [3.05, 3.63) is 35.4 Å². The van der Waals surface area contributed by atoms with Crippen molar-refractivity contribution in [2.75, 3.05) is 26.2 Å². The SMILES string of the molecule is CC(=O)N1CCN(C(C)C(=O)c2ccc(F)cc2F)CC1. The molecule has 1 aliphatic rings. The van der Waals surface area contributed by atoms with E-state index in [-0.39, 0.29) is 17.3 Å². The Labute approximate surface area is 122 Å². The summed E-state index contributed by atoms with van der Waals surface area (Å²) in [6.45, 7) is 5.45. The third-order valence-corrected chi connectivity index (χ3v) is 3.88. The van der Waals surface area contributed by atoms with E-state index in [0.29, 0.717) is 32.2 Å². The Balaban J connectivity index is 2.05. The number of ketones is 1. The zero-order chi connectivity index (χ0) is 15.6. The Morgan fingerprint density at radius 2 is 1.76 bits per heavy atom. The van der Waals surface area contributed by atoms with Gasteiger partial charge in [0.15, 0.2) is 5.78 Å². The van der Waals surface area contributed by atoms with Crippen LogP contribution in [0, 0.1) is 11.6 Å². The molecule has 114 valence electrons. The van der Waals surface area contributed by atoms with E-state index in [9.17, 15) is 18.4 Å². The van der Waals surface area contributed by atoms with Gasteiger partial charge in [-0.25, -0.2) is 8.78 Å². The molecule has 0 radical (unpaired) electrons. The van der Waals surface area contributed by atoms with Crippen molar-refractivity contribution >= 4 is 11.7 Å². The number of carbonyl (C=O) groups excluding carboxylic acids is 2. The largest absolute Gasteiger partial charge is 0.340 e. The van der Waals surface area contributed by atoms with Crippen LogP contribution in [-0.2, 0) is 4.79 Å². The minimum absolute atomic E-state index is 0.0122. The zero-order valence-electron chi connectivity index (χ0n) is 12.1. The van der Waals surface area contributed by atoms with Gasteiger partial charge in [0.25, 0.3) is 0 Å². The smallest absolute Gasteiger partial charge is 0.219 e. The quantitative estimate of drug-likeness (QED) is 0.797. The summed E-state index contributed by atoms with van der Waals surface area (Å²) in [6, 6.07) is 2.47. The highest BCUT2D eigenvalue weighted by Crippen LogP contribution is 2.16. The van der Waals surface area contributed by atoms with Gasteiger partial charge in [0.1, 0.15) is 11.6 Å². The lowest BCUT2D eigenvalue weighted by molar-refractivity contribution is -0.130. The van der Waals surface area contributed by atoms with Crippen LogP contribution in [0.2, 0.25) is 0 Å². The highest BCUT2D eigenvalue weighted by molar-refractivity contribution is 6.00. The topological polar surface area (TPSA) is 40.6 Å². The molecule has 0 saturated carbocycles. The predicted octanol–water partition coefficient (Wildman–Crippen LogP) is 1.70. The fourth-order valence-electron chi connectivity index (χ4n) is 2.50. The molecule has 6 heteroatoms. The van der Waals surface area contributed by atoms with Crippen LogP contribution in [0.15, 0.2) is 18.2 Å². The number of piperazine rings is 1.